The third-order valence-corrected chi connectivity index (χ3v) is 4.63. The molecule has 0 aliphatic heterocycles. The monoisotopic (exact) mass is 402 g/mol. The van der Waals surface area contributed by atoms with Crippen molar-refractivity contribution in [3.8, 4) is 0 Å². The standard InChI is InChI=1S/C22H26N8/c1-29(2)21(23)27-25-13-19-15-9-5-7-11-17(15)20(14-26-28-22(24)30(3)4)18-12-8-6-10-16(18)19/h5-14H,1-4H3,(H2,23,27)(H2,24,28)/b25-13+,26-14+. The van der Waals surface area contributed by atoms with Gasteiger partial charge in [-0.1, -0.05) is 48.5 Å². The Hall–Kier alpha value is -3.94. The van der Waals surface area contributed by atoms with Crippen LogP contribution in [-0.4, -0.2) is 62.3 Å². The van der Waals surface area contributed by atoms with E-state index in [0.29, 0.717) is 11.9 Å². The van der Waals surface area contributed by atoms with E-state index in [0.717, 1.165) is 32.7 Å². The number of nitrogens with two attached hydrogens (primary N) is 2. The first-order valence-electron chi connectivity index (χ1n) is 9.41. The summed E-state index contributed by atoms with van der Waals surface area (Å²) in [4.78, 5) is 3.40. The normalized spacial score (nSPS) is 13.1. The maximum atomic E-state index is 5.85. The van der Waals surface area contributed by atoms with E-state index in [-0.39, 0.29) is 0 Å². The van der Waals surface area contributed by atoms with Crippen LogP contribution >= 0.6 is 0 Å². The van der Waals surface area contributed by atoms with Gasteiger partial charge in [0.25, 0.3) is 0 Å². The Labute approximate surface area is 175 Å². The van der Waals surface area contributed by atoms with Gasteiger partial charge in [0.1, 0.15) is 0 Å². The Kier molecular flexibility index (Phi) is 6.26. The van der Waals surface area contributed by atoms with E-state index in [1.165, 1.54) is 0 Å². The molecule has 3 aromatic rings. The molecule has 0 aliphatic carbocycles. The lowest BCUT2D eigenvalue weighted by molar-refractivity contribution is 0.611. The molecule has 8 nitrogen and oxygen atoms in total. The molecule has 0 atom stereocenters. The first-order valence-corrected chi connectivity index (χ1v) is 9.41. The molecular weight excluding hydrogens is 376 g/mol. The van der Waals surface area contributed by atoms with Crippen LogP contribution in [0, 0.1) is 0 Å². The fraction of sp³-hybridized carbons (Fsp3) is 0.182. The number of hydrogen-bond donors (Lipinski definition) is 2. The summed E-state index contributed by atoms with van der Waals surface area (Å²) in [6, 6.07) is 16.2. The van der Waals surface area contributed by atoms with Crippen molar-refractivity contribution in [1.29, 1.82) is 0 Å². The predicted molar refractivity (Wildman–Crippen MR) is 127 cm³/mol. The van der Waals surface area contributed by atoms with Crippen molar-refractivity contribution in [2.45, 2.75) is 0 Å². The van der Waals surface area contributed by atoms with Crippen LogP contribution in [0.5, 0.6) is 0 Å². The van der Waals surface area contributed by atoms with Crippen molar-refractivity contribution < 1.29 is 0 Å². The SMILES string of the molecule is CN(C)C(N)=N/N=C/c1c2ccccc2c(/C=N/N=C(\N)N(C)C)c2ccccc12. The molecule has 30 heavy (non-hydrogen) atoms. The summed E-state index contributed by atoms with van der Waals surface area (Å²) < 4.78 is 0. The Balaban J connectivity index is 2.23. The lowest BCUT2D eigenvalue weighted by Crippen LogP contribution is -2.29. The van der Waals surface area contributed by atoms with Crippen LogP contribution in [0.25, 0.3) is 21.5 Å². The molecule has 3 aromatic carbocycles. The summed E-state index contributed by atoms with van der Waals surface area (Å²) in [5.41, 5.74) is 13.6. The third-order valence-electron chi connectivity index (χ3n) is 4.63. The average Bonchev–Trinajstić information content (AvgIpc) is 2.74. The molecule has 0 bridgehead atoms. The fourth-order valence-corrected chi connectivity index (χ4v) is 2.94. The number of nitrogens with zero attached hydrogens (tertiary/aromatic N) is 6. The molecule has 8 heteroatoms. The fourth-order valence-electron chi connectivity index (χ4n) is 2.94. The van der Waals surface area contributed by atoms with Crippen LogP contribution in [0.1, 0.15) is 11.1 Å². The minimum atomic E-state index is 0.333. The molecule has 0 spiro atoms. The molecule has 0 fully saturated rings. The molecular formula is C22H26N8. The highest BCUT2D eigenvalue weighted by Gasteiger charge is 2.11. The number of hydrogen-bond acceptors (Lipinski definition) is 4. The van der Waals surface area contributed by atoms with Gasteiger partial charge < -0.3 is 21.3 Å². The Morgan fingerprint density at radius 1 is 0.633 bits per heavy atom. The smallest absolute Gasteiger partial charge is 0.215 e. The zero-order valence-corrected chi connectivity index (χ0v) is 17.6. The summed E-state index contributed by atoms with van der Waals surface area (Å²) in [6.07, 6.45) is 3.48. The summed E-state index contributed by atoms with van der Waals surface area (Å²) in [7, 11) is 7.27. The quantitative estimate of drug-likeness (QED) is 0.302. The van der Waals surface area contributed by atoms with Crippen molar-refractivity contribution in [1.82, 2.24) is 9.80 Å². The van der Waals surface area contributed by atoms with Gasteiger partial charge in [0, 0.05) is 39.3 Å². The van der Waals surface area contributed by atoms with Gasteiger partial charge in [-0.2, -0.15) is 10.2 Å². The van der Waals surface area contributed by atoms with Crippen LogP contribution < -0.4 is 11.5 Å². The molecule has 3 rings (SSSR count). The van der Waals surface area contributed by atoms with E-state index in [1.54, 1.807) is 22.2 Å². The molecule has 0 aliphatic rings. The van der Waals surface area contributed by atoms with Gasteiger partial charge >= 0.3 is 0 Å². The van der Waals surface area contributed by atoms with Crippen LogP contribution in [0.3, 0.4) is 0 Å². The molecule has 0 aromatic heterocycles. The van der Waals surface area contributed by atoms with E-state index >= 15 is 0 Å². The van der Waals surface area contributed by atoms with Gasteiger partial charge in [0.15, 0.2) is 0 Å². The third kappa shape index (κ3) is 4.38. The largest absolute Gasteiger partial charge is 0.368 e. The van der Waals surface area contributed by atoms with Crippen LogP contribution in [0.4, 0.5) is 0 Å². The first kappa shape index (κ1) is 20.8. The molecule has 0 amide bonds. The lowest BCUT2D eigenvalue weighted by Gasteiger charge is -2.12. The van der Waals surface area contributed by atoms with E-state index in [1.807, 2.05) is 52.5 Å². The van der Waals surface area contributed by atoms with E-state index in [9.17, 15) is 0 Å². The minimum absolute atomic E-state index is 0.333. The van der Waals surface area contributed by atoms with Crippen LogP contribution in [0.15, 0.2) is 68.9 Å². The second-order valence-electron chi connectivity index (χ2n) is 7.11. The highest BCUT2D eigenvalue weighted by Crippen LogP contribution is 2.31. The summed E-state index contributed by atoms with van der Waals surface area (Å²) >= 11 is 0. The molecule has 4 N–H and O–H groups in total. The molecule has 0 saturated carbocycles. The highest BCUT2D eigenvalue weighted by atomic mass is 15.3. The minimum Gasteiger partial charge on any atom is -0.368 e. The lowest BCUT2D eigenvalue weighted by atomic mass is 9.92. The zero-order valence-electron chi connectivity index (χ0n) is 17.6. The van der Waals surface area contributed by atoms with Gasteiger partial charge in [0.2, 0.25) is 11.9 Å². The predicted octanol–water partition coefficient (Wildman–Crippen LogP) is 2.41. The van der Waals surface area contributed by atoms with Crippen molar-refractivity contribution in [3.05, 3.63) is 59.7 Å². The van der Waals surface area contributed by atoms with Gasteiger partial charge in [-0.15, -0.1) is 10.2 Å². The maximum Gasteiger partial charge on any atom is 0.215 e. The molecule has 0 unspecified atom stereocenters. The van der Waals surface area contributed by atoms with E-state index in [2.05, 4.69) is 44.7 Å². The Bertz CT molecular complexity index is 1020. The number of fused-ring (bicyclic) bond motifs is 2. The van der Waals surface area contributed by atoms with Crippen molar-refractivity contribution in [3.63, 3.8) is 0 Å². The summed E-state index contributed by atoms with van der Waals surface area (Å²) in [6.45, 7) is 0. The molecule has 0 radical (unpaired) electrons. The second kappa shape index (κ2) is 9.04. The zero-order chi connectivity index (χ0) is 21.7. The Morgan fingerprint density at radius 3 is 1.20 bits per heavy atom. The van der Waals surface area contributed by atoms with Gasteiger partial charge in [-0.25, -0.2) is 0 Å². The van der Waals surface area contributed by atoms with Crippen molar-refractivity contribution in [2.75, 3.05) is 28.2 Å². The summed E-state index contributed by atoms with van der Waals surface area (Å²) in [5, 5.41) is 20.7. The number of benzene rings is 3. The van der Waals surface area contributed by atoms with Crippen molar-refractivity contribution in [2.24, 2.45) is 31.9 Å². The topological polar surface area (TPSA) is 108 Å². The van der Waals surface area contributed by atoms with E-state index in [4.69, 9.17) is 11.5 Å². The average molecular weight is 403 g/mol. The van der Waals surface area contributed by atoms with Gasteiger partial charge in [0.05, 0.1) is 12.4 Å². The van der Waals surface area contributed by atoms with Gasteiger partial charge in [-0.3, -0.25) is 0 Å². The number of guanidine groups is 2. The van der Waals surface area contributed by atoms with E-state index < -0.39 is 0 Å². The van der Waals surface area contributed by atoms with Crippen LogP contribution in [0.2, 0.25) is 0 Å². The van der Waals surface area contributed by atoms with Gasteiger partial charge in [-0.05, 0) is 21.5 Å². The molecule has 154 valence electrons. The molecule has 0 saturated heterocycles. The second-order valence-corrected chi connectivity index (χ2v) is 7.11. The highest BCUT2D eigenvalue weighted by molar-refractivity contribution is 6.21. The molecule has 0 heterocycles. The van der Waals surface area contributed by atoms with Crippen molar-refractivity contribution >= 4 is 45.9 Å². The first-order chi connectivity index (χ1) is 14.4. The number of rotatable bonds is 4. The Morgan fingerprint density at radius 2 is 0.933 bits per heavy atom. The maximum absolute atomic E-state index is 5.85. The van der Waals surface area contributed by atoms with Crippen LogP contribution in [-0.2, 0) is 0 Å². The summed E-state index contributed by atoms with van der Waals surface area (Å²) in [5.74, 6) is 0.667.